The van der Waals surface area contributed by atoms with Gasteiger partial charge in [-0.3, -0.25) is 14.4 Å². The molecule has 2 saturated heterocycles. The van der Waals surface area contributed by atoms with Crippen molar-refractivity contribution in [1.29, 1.82) is 0 Å². The van der Waals surface area contributed by atoms with E-state index in [1.165, 1.54) is 4.90 Å². The standard InChI is InChI=1S/C19H24N2O5/c1-19(2,3)14(10-6-4-5-7-11(10)17(20)24)18(25)21-8-12(22)16-15(21)13(23)9-26-16/h4-7,12,14-16,22H,8-9H2,1-3H3,(H2,20,24)/t12-,14+,15-,16-/m1/s1. The van der Waals surface area contributed by atoms with Gasteiger partial charge in [0.2, 0.25) is 11.8 Å². The van der Waals surface area contributed by atoms with Crippen molar-refractivity contribution in [3.05, 3.63) is 35.4 Å². The molecule has 4 atom stereocenters. The first-order valence-corrected chi connectivity index (χ1v) is 8.64. The Kier molecular flexibility index (Phi) is 4.62. The van der Waals surface area contributed by atoms with Crippen molar-refractivity contribution in [2.24, 2.45) is 11.1 Å². The van der Waals surface area contributed by atoms with Gasteiger partial charge in [0.05, 0.1) is 12.5 Å². The molecule has 0 radical (unpaired) electrons. The van der Waals surface area contributed by atoms with Crippen molar-refractivity contribution in [1.82, 2.24) is 4.90 Å². The predicted molar refractivity (Wildman–Crippen MR) is 93.4 cm³/mol. The van der Waals surface area contributed by atoms with Crippen LogP contribution in [0.25, 0.3) is 0 Å². The Morgan fingerprint density at radius 2 is 1.96 bits per heavy atom. The molecule has 1 aromatic carbocycles. The molecular weight excluding hydrogens is 336 g/mol. The van der Waals surface area contributed by atoms with Crippen molar-refractivity contribution in [2.45, 2.75) is 44.9 Å². The van der Waals surface area contributed by atoms with Gasteiger partial charge in [-0.25, -0.2) is 0 Å². The van der Waals surface area contributed by atoms with E-state index >= 15 is 0 Å². The maximum absolute atomic E-state index is 13.5. The van der Waals surface area contributed by atoms with Crippen LogP contribution in [0.4, 0.5) is 0 Å². The van der Waals surface area contributed by atoms with Gasteiger partial charge >= 0.3 is 0 Å². The summed E-state index contributed by atoms with van der Waals surface area (Å²) >= 11 is 0. The van der Waals surface area contributed by atoms with E-state index in [0.29, 0.717) is 5.56 Å². The Hall–Kier alpha value is -2.25. The molecule has 2 aliphatic heterocycles. The van der Waals surface area contributed by atoms with Gasteiger partial charge in [-0.15, -0.1) is 0 Å². The van der Waals surface area contributed by atoms with Crippen LogP contribution in [0.2, 0.25) is 0 Å². The van der Waals surface area contributed by atoms with Crippen LogP contribution in [0, 0.1) is 5.41 Å². The average Bonchev–Trinajstić information content (AvgIpc) is 3.08. The zero-order chi connectivity index (χ0) is 19.2. The Bertz CT molecular complexity index is 755. The summed E-state index contributed by atoms with van der Waals surface area (Å²) in [5.74, 6) is -1.82. The third kappa shape index (κ3) is 3.01. The van der Waals surface area contributed by atoms with Gasteiger partial charge in [-0.2, -0.15) is 0 Å². The highest BCUT2D eigenvalue weighted by molar-refractivity contribution is 5.99. The van der Waals surface area contributed by atoms with Crippen LogP contribution in [0.5, 0.6) is 0 Å². The number of carbonyl (C=O) groups is 3. The van der Waals surface area contributed by atoms with Crippen molar-refractivity contribution >= 4 is 17.6 Å². The molecule has 3 rings (SSSR count). The number of primary amides is 1. The van der Waals surface area contributed by atoms with Gasteiger partial charge in [-0.1, -0.05) is 39.0 Å². The molecule has 140 valence electrons. The maximum atomic E-state index is 13.5. The molecule has 7 nitrogen and oxygen atoms in total. The molecule has 3 N–H and O–H groups in total. The number of aliphatic hydroxyl groups is 1. The van der Waals surface area contributed by atoms with Gasteiger partial charge in [0.15, 0.2) is 5.78 Å². The lowest BCUT2D eigenvalue weighted by molar-refractivity contribution is -0.140. The largest absolute Gasteiger partial charge is 0.388 e. The van der Waals surface area contributed by atoms with Crippen molar-refractivity contribution < 1.29 is 24.2 Å². The third-order valence-corrected chi connectivity index (χ3v) is 5.09. The molecule has 0 bridgehead atoms. The second-order valence-corrected chi connectivity index (χ2v) is 8.00. The minimum Gasteiger partial charge on any atom is -0.388 e. The third-order valence-electron chi connectivity index (χ3n) is 5.09. The average molecular weight is 360 g/mol. The van der Waals surface area contributed by atoms with Crippen molar-refractivity contribution in [2.75, 3.05) is 13.2 Å². The second kappa shape index (κ2) is 6.48. The fourth-order valence-corrected chi connectivity index (χ4v) is 3.97. The lowest BCUT2D eigenvalue weighted by Crippen LogP contribution is -2.46. The number of carbonyl (C=O) groups excluding carboxylic acids is 3. The van der Waals surface area contributed by atoms with Crippen LogP contribution >= 0.6 is 0 Å². The van der Waals surface area contributed by atoms with Crippen LogP contribution in [0.1, 0.15) is 42.6 Å². The number of nitrogens with zero attached hydrogens (tertiary/aromatic N) is 1. The Morgan fingerprint density at radius 1 is 1.31 bits per heavy atom. The quantitative estimate of drug-likeness (QED) is 0.813. The van der Waals surface area contributed by atoms with E-state index in [1.54, 1.807) is 24.3 Å². The number of amides is 2. The molecule has 26 heavy (non-hydrogen) atoms. The van der Waals surface area contributed by atoms with E-state index in [-0.39, 0.29) is 30.4 Å². The smallest absolute Gasteiger partial charge is 0.249 e. The molecule has 0 aliphatic carbocycles. The predicted octanol–water partition coefficient (Wildman–Crippen LogP) is 0.455. The highest BCUT2D eigenvalue weighted by Gasteiger charge is 2.53. The lowest BCUT2D eigenvalue weighted by atomic mass is 9.74. The first-order chi connectivity index (χ1) is 12.1. The molecule has 2 heterocycles. The summed E-state index contributed by atoms with van der Waals surface area (Å²) in [4.78, 5) is 38.9. The molecule has 7 heteroatoms. The second-order valence-electron chi connectivity index (χ2n) is 8.00. The molecule has 0 aromatic heterocycles. The number of rotatable bonds is 3. The van der Waals surface area contributed by atoms with Gasteiger partial charge in [0.25, 0.3) is 0 Å². The fourth-order valence-electron chi connectivity index (χ4n) is 3.97. The van der Waals surface area contributed by atoms with Gasteiger partial charge in [-0.05, 0) is 17.0 Å². The van der Waals surface area contributed by atoms with Gasteiger partial charge in [0, 0.05) is 5.56 Å². The number of fused-ring (bicyclic) bond motifs is 1. The molecule has 0 spiro atoms. The van der Waals surface area contributed by atoms with E-state index in [9.17, 15) is 19.5 Å². The zero-order valence-corrected chi connectivity index (χ0v) is 15.1. The summed E-state index contributed by atoms with van der Waals surface area (Å²) < 4.78 is 5.35. The number of hydrogen-bond donors (Lipinski definition) is 2. The highest BCUT2D eigenvalue weighted by atomic mass is 16.5. The lowest BCUT2D eigenvalue weighted by Gasteiger charge is -2.35. The Balaban J connectivity index is 2.04. The number of β-amino-alcohol motifs (C(OH)–C–C–N with tert-alkyl or cyclic N) is 1. The zero-order valence-electron chi connectivity index (χ0n) is 15.1. The minimum absolute atomic E-state index is 0.0330. The summed E-state index contributed by atoms with van der Waals surface area (Å²) in [6, 6.07) is 5.97. The number of nitrogens with two attached hydrogens (primary N) is 1. The van der Waals surface area contributed by atoms with E-state index in [0.717, 1.165) is 0 Å². The number of likely N-dealkylation sites (tertiary alicyclic amines) is 1. The normalized spacial score (nSPS) is 26.7. The highest BCUT2D eigenvalue weighted by Crippen LogP contribution is 2.40. The van der Waals surface area contributed by atoms with Crippen LogP contribution < -0.4 is 5.73 Å². The van der Waals surface area contributed by atoms with E-state index in [4.69, 9.17) is 10.5 Å². The summed E-state index contributed by atoms with van der Waals surface area (Å²) in [6.07, 6.45) is -1.58. The molecule has 0 saturated carbocycles. The number of hydrogen-bond acceptors (Lipinski definition) is 5. The first kappa shape index (κ1) is 18.5. The van der Waals surface area contributed by atoms with Crippen LogP contribution in [-0.2, 0) is 14.3 Å². The summed E-state index contributed by atoms with van der Waals surface area (Å²) in [7, 11) is 0. The SMILES string of the molecule is CC(C)(C)[C@H](C(=O)N1C[C@@H](O)[C@H]2OCC(=O)[C@H]21)c1ccccc1C(N)=O. The Morgan fingerprint density at radius 3 is 2.58 bits per heavy atom. The van der Waals surface area contributed by atoms with Crippen molar-refractivity contribution in [3.63, 3.8) is 0 Å². The number of benzene rings is 1. The topological polar surface area (TPSA) is 110 Å². The molecule has 2 aliphatic rings. The van der Waals surface area contributed by atoms with Gasteiger partial charge < -0.3 is 20.5 Å². The minimum atomic E-state index is -0.901. The number of aliphatic hydroxyl groups excluding tert-OH is 1. The molecule has 1 aromatic rings. The maximum Gasteiger partial charge on any atom is 0.249 e. The summed E-state index contributed by atoms with van der Waals surface area (Å²) in [6.45, 7) is 5.61. The Labute approximate surface area is 152 Å². The van der Waals surface area contributed by atoms with E-state index < -0.39 is 35.5 Å². The van der Waals surface area contributed by atoms with Crippen LogP contribution in [-0.4, -0.2) is 59.0 Å². The number of Topliss-reactive ketones (excluding diaryl/α,β-unsaturated/α-hetero) is 1. The first-order valence-electron chi connectivity index (χ1n) is 8.64. The monoisotopic (exact) mass is 360 g/mol. The van der Waals surface area contributed by atoms with Gasteiger partial charge in [0.1, 0.15) is 24.9 Å². The molecular formula is C19H24N2O5. The van der Waals surface area contributed by atoms with Crippen LogP contribution in [0.15, 0.2) is 24.3 Å². The summed E-state index contributed by atoms with van der Waals surface area (Å²) in [5.41, 5.74) is 5.78. The molecule has 2 amide bonds. The number of ketones is 1. The van der Waals surface area contributed by atoms with E-state index in [2.05, 4.69) is 0 Å². The molecule has 0 unspecified atom stereocenters. The van der Waals surface area contributed by atoms with Crippen LogP contribution in [0.3, 0.4) is 0 Å². The van der Waals surface area contributed by atoms with Crippen molar-refractivity contribution in [3.8, 4) is 0 Å². The summed E-state index contributed by atoms with van der Waals surface area (Å²) in [5, 5.41) is 10.2. The number of ether oxygens (including phenoxy) is 1. The van der Waals surface area contributed by atoms with E-state index in [1.807, 2.05) is 20.8 Å². The molecule has 2 fully saturated rings. The fraction of sp³-hybridized carbons (Fsp3) is 0.526.